The molecule has 0 aliphatic heterocycles. The number of esters is 1. The van der Waals surface area contributed by atoms with Gasteiger partial charge in [0, 0.05) is 12.8 Å². The van der Waals surface area contributed by atoms with Gasteiger partial charge in [0.1, 0.15) is 12.3 Å². The number of anilines is 1. The van der Waals surface area contributed by atoms with Crippen LogP contribution in [0.25, 0.3) is 0 Å². The molecule has 0 aliphatic carbocycles. The Morgan fingerprint density at radius 2 is 2.00 bits per heavy atom. The van der Waals surface area contributed by atoms with Crippen molar-refractivity contribution in [1.29, 1.82) is 0 Å². The number of ether oxygens (including phenoxy) is 2. The average Bonchev–Trinajstić information content (AvgIpc) is 2.92. The lowest BCUT2D eigenvalue weighted by atomic mass is 10.1. The van der Waals surface area contributed by atoms with Crippen LogP contribution in [0.3, 0.4) is 0 Å². The number of halogens is 3. The number of hydrogen-bond donors (Lipinski definition) is 2. The quantitative estimate of drug-likeness (QED) is 0.360. The Morgan fingerprint density at radius 3 is 2.64 bits per heavy atom. The van der Waals surface area contributed by atoms with Gasteiger partial charge in [-0.05, 0) is 31.5 Å². The summed E-state index contributed by atoms with van der Waals surface area (Å²) in [5.41, 5.74) is 1.37. The molecule has 152 valence electrons. The van der Waals surface area contributed by atoms with Crippen LogP contribution in [0.1, 0.15) is 32.1 Å². The molecule has 1 aromatic heterocycles. The maximum atomic E-state index is 12.8. The van der Waals surface area contributed by atoms with Gasteiger partial charge in [0.25, 0.3) is 11.7 Å². The van der Waals surface area contributed by atoms with Crippen molar-refractivity contribution in [3.8, 4) is 0 Å². The second kappa shape index (κ2) is 9.90. The molecule has 0 aliphatic rings. The molecule has 2 aromatic rings. The zero-order chi connectivity index (χ0) is 20.8. The first kappa shape index (κ1) is 22.2. The fraction of sp³-hybridized carbons (Fsp3) is 0.333. The summed E-state index contributed by atoms with van der Waals surface area (Å²) in [4.78, 5) is 27.8. The van der Waals surface area contributed by atoms with Gasteiger partial charge in [-0.2, -0.15) is 8.78 Å². The number of carbonyl (C=O) groups is 2. The number of amides is 1. The number of aromatic amines is 1. The van der Waals surface area contributed by atoms with Crippen LogP contribution in [0.5, 0.6) is 0 Å². The number of carbonyl (C=O) groups excluding carboxylic acids is 2. The van der Waals surface area contributed by atoms with Crippen LogP contribution in [0.2, 0.25) is 5.02 Å². The van der Waals surface area contributed by atoms with Crippen molar-refractivity contribution in [2.45, 2.75) is 24.5 Å². The zero-order valence-electron chi connectivity index (χ0n) is 15.4. The maximum Gasteiger partial charge on any atom is 0.340 e. The maximum absolute atomic E-state index is 12.8. The number of nitrogens with one attached hydrogen (secondary N) is 2. The normalized spacial score (nSPS) is 11.0. The third-order valence-electron chi connectivity index (χ3n) is 3.81. The number of aromatic nitrogens is 1. The third kappa shape index (κ3) is 5.24. The number of rotatable bonds is 8. The van der Waals surface area contributed by atoms with Crippen molar-refractivity contribution in [3.63, 3.8) is 0 Å². The van der Waals surface area contributed by atoms with Crippen molar-refractivity contribution >= 4 is 40.9 Å². The number of aryl methyl sites for hydroxylation is 1. The van der Waals surface area contributed by atoms with E-state index in [4.69, 9.17) is 21.1 Å². The van der Waals surface area contributed by atoms with Crippen molar-refractivity contribution in [2.75, 3.05) is 25.6 Å². The molecule has 0 saturated carbocycles. The first-order valence-electron chi connectivity index (χ1n) is 8.16. The van der Waals surface area contributed by atoms with E-state index in [-0.39, 0.29) is 51.8 Å². The SMILES string of the molecule is COCCOC(=O)c1c(C)[nH]c(C(=O)Nc2cccc(Cl)c2SC(F)F)c1C. The molecule has 0 saturated heterocycles. The van der Waals surface area contributed by atoms with Crippen LogP contribution in [0.15, 0.2) is 23.1 Å². The van der Waals surface area contributed by atoms with Crippen LogP contribution in [0.4, 0.5) is 14.5 Å². The van der Waals surface area contributed by atoms with Crippen LogP contribution in [-0.2, 0) is 9.47 Å². The fourth-order valence-corrected chi connectivity index (χ4v) is 3.49. The first-order valence-corrected chi connectivity index (χ1v) is 9.41. The molecule has 0 bridgehead atoms. The minimum Gasteiger partial charge on any atom is -0.460 e. The third-order valence-corrected chi connectivity index (χ3v) is 5.09. The van der Waals surface area contributed by atoms with Gasteiger partial charge in [0.2, 0.25) is 0 Å². The highest BCUT2D eigenvalue weighted by molar-refractivity contribution is 7.99. The molecular formula is C18H19ClF2N2O4S. The topological polar surface area (TPSA) is 80.4 Å². The number of thioether (sulfide) groups is 1. The van der Waals surface area contributed by atoms with Gasteiger partial charge in [0.15, 0.2) is 0 Å². The van der Waals surface area contributed by atoms with Crippen molar-refractivity contribution in [3.05, 3.63) is 45.7 Å². The highest BCUT2D eigenvalue weighted by Crippen LogP contribution is 2.37. The molecule has 2 rings (SSSR count). The molecular weight excluding hydrogens is 414 g/mol. The number of methoxy groups -OCH3 is 1. The Bertz CT molecular complexity index is 874. The lowest BCUT2D eigenvalue weighted by molar-refractivity contribution is 0.0386. The van der Waals surface area contributed by atoms with Crippen LogP contribution >= 0.6 is 23.4 Å². The molecule has 10 heteroatoms. The van der Waals surface area contributed by atoms with E-state index in [9.17, 15) is 18.4 Å². The van der Waals surface area contributed by atoms with Gasteiger partial charge in [-0.3, -0.25) is 4.79 Å². The summed E-state index contributed by atoms with van der Waals surface area (Å²) in [6, 6.07) is 4.47. The smallest absolute Gasteiger partial charge is 0.340 e. The molecule has 0 spiro atoms. The van der Waals surface area contributed by atoms with E-state index in [2.05, 4.69) is 10.3 Å². The molecule has 1 amide bonds. The van der Waals surface area contributed by atoms with Gasteiger partial charge in [0.05, 0.1) is 27.8 Å². The second-order valence-corrected chi connectivity index (χ2v) is 7.11. The van der Waals surface area contributed by atoms with Crippen molar-refractivity contribution < 1.29 is 27.8 Å². The zero-order valence-corrected chi connectivity index (χ0v) is 17.0. The summed E-state index contributed by atoms with van der Waals surface area (Å²) >= 11 is 6.22. The molecule has 2 N–H and O–H groups in total. The minimum atomic E-state index is -2.70. The number of benzene rings is 1. The standard InChI is InChI=1S/C18H19ClF2N2O4S/c1-9-13(17(25)27-8-7-26-3)10(2)22-14(9)16(24)23-12-6-4-5-11(19)15(12)28-18(20)21/h4-6,18,22H,7-8H2,1-3H3,(H,23,24). The summed E-state index contributed by atoms with van der Waals surface area (Å²) in [5.74, 6) is -3.87. The molecule has 6 nitrogen and oxygen atoms in total. The molecule has 1 heterocycles. The van der Waals surface area contributed by atoms with E-state index >= 15 is 0 Å². The molecule has 28 heavy (non-hydrogen) atoms. The number of hydrogen-bond acceptors (Lipinski definition) is 5. The second-order valence-electron chi connectivity index (χ2n) is 5.70. The van der Waals surface area contributed by atoms with E-state index in [1.54, 1.807) is 19.9 Å². The molecule has 0 atom stereocenters. The van der Waals surface area contributed by atoms with Gasteiger partial charge in [-0.15, -0.1) is 0 Å². The highest BCUT2D eigenvalue weighted by Gasteiger charge is 2.24. The first-order chi connectivity index (χ1) is 13.3. The lowest BCUT2D eigenvalue weighted by Crippen LogP contribution is -2.15. The Balaban J connectivity index is 2.26. The Labute approximate surface area is 169 Å². The molecule has 0 radical (unpaired) electrons. The minimum absolute atomic E-state index is 0.0626. The fourth-order valence-electron chi connectivity index (χ4n) is 2.57. The van der Waals surface area contributed by atoms with Crippen LogP contribution < -0.4 is 5.32 Å². The summed E-state index contributed by atoms with van der Waals surface area (Å²) < 4.78 is 35.5. The average molecular weight is 433 g/mol. The molecule has 0 unspecified atom stereocenters. The van der Waals surface area contributed by atoms with E-state index in [1.807, 2.05) is 0 Å². The van der Waals surface area contributed by atoms with E-state index in [0.29, 0.717) is 11.3 Å². The Kier molecular flexibility index (Phi) is 7.85. The van der Waals surface area contributed by atoms with Crippen molar-refractivity contribution in [1.82, 2.24) is 4.98 Å². The Morgan fingerprint density at radius 1 is 1.29 bits per heavy atom. The van der Waals surface area contributed by atoms with Crippen molar-refractivity contribution in [2.24, 2.45) is 0 Å². The molecule has 0 fully saturated rings. The van der Waals surface area contributed by atoms with E-state index in [0.717, 1.165) is 0 Å². The van der Waals surface area contributed by atoms with Crippen LogP contribution in [-0.4, -0.2) is 42.9 Å². The molecule has 1 aromatic carbocycles. The Hall–Kier alpha value is -2.10. The summed E-state index contributed by atoms with van der Waals surface area (Å²) in [5, 5.41) is 2.67. The number of alkyl halides is 2. The van der Waals surface area contributed by atoms with Gasteiger partial charge in [-0.25, -0.2) is 4.79 Å². The van der Waals surface area contributed by atoms with E-state index < -0.39 is 17.6 Å². The summed E-state index contributed by atoms with van der Waals surface area (Å²) in [7, 11) is 1.49. The highest BCUT2D eigenvalue weighted by atomic mass is 35.5. The van der Waals surface area contributed by atoms with Gasteiger partial charge in [-0.1, -0.05) is 29.4 Å². The van der Waals surface area contributed by atoms with Crippen LogP contribution in [0, 0.1) is 13.8 Å². The van der Waals surface area contributed by atoms with E-state index in [1.165, 1.54) is 19.2 Å². The summed E-state index contributed by atoms with van der Waals surface area (Å²) in [6.07, 6.45) is 0. The van der Waals surface area contributed by atoms with Gasteiger partial charge < -0.3 is 19.8 Å². The lowest BCUT2D eigenvalue weighted by Gasteiger charge is -2.12. The predicted molar refractivity (Wildman–Crippen MR) is 104 cm³/mol. The van der Waals surface area contributed by atoms with Gasteiger partial charge >= 0.3 is 5.97 Å². The monoisotopic (exact) mass is 432 g/mol. The number of H-pyrrole nitrogens is 1. The predicted octanol–water partition coefficient (Wildman–Crippen LogP) is 4.66. The summed E-state index contributed by atoms with van der Waals surface area (Å²) in [6.45, 7) is 3.56. The largest absolute Gasteiger partial charge is 0.460 e.